The molecule has 8 heteroatoms. The van der Waals surface area contributed by atoms with Gasteiger partial charge in [-0.15, -0.1) is 0 Å². The quantitative estimate of drug-likeness (QED) is 0.562. The first kappa shape index (κ1) is 16.3. The standard InChI is InChI=1S/C13H15N3O5/c14-6-11(17)10(16-12(18)19)7-15-13(20)21-8-9-4-2-1-3-5-9/h1-5,10-11,16-17H,7-8H2,(H,15,20)(H,18,19). The SMILES string of the molecule is N#CC(O)C(CNC(=O)OCc1ccccc1)NC(=O)O. The van der Waals surface area contributed by atoms with Gasteiger partial charge in [0.25, 0.3) is 0 Å². The highest BCUT2D eigenvalue weighted by atomic mass is 16.5. The number of rotatable bonds is 6. The summed E-state index contributed by atoms with van der Waals surface area (Å²) in [4.78, 5) is 22.0. The van der Waals surface area contributed by atoms with Crippen molar-refractivity contribution in [3.8, 4) is 6.07 Å². The van der Waals surface area contributed by atoms with E-state index >= 15 is 0 Å². The van der Waals surface area contributed by atoms with E-state index in [1.165, 1.54) is 6.07 Å². The summed E-state index contributed by atoms with van der Waals surface area (Å²) in [5.74, 6) is 0. The molecule has 2 amide bonds. The van der Waals surface area contributed by atoms with Crippen LogP contribution in [0.3, 0.4) is 0 Å². The van der Waals surface area contributed by atoms with Crippen LogP contribution in [-0.2, 0) is 11.3 Å². The number of ether oxygens (including phenoxy) is 1. The predicted molar refractivity (Wildman–Crippen MR) is 71.2 cm³/mol. The number of nitriles is 1. The van der Waals surface area contributed by atoms with Crippen LogP contribution in [0, 0.1) is 11.3 Å². The van der Waals surface area contributed by atoms with Gasteiger partial charge in [-0.25, -0.2) is 9.59 Å². The molecular weight excluding hydrogens is 278 g/mol. The normalized spacial score (nSPS) is 12.6. The van der Waals surface area contributed by atoms with Crippen LogP contribution in [0.25, 0.3) is 0 Å². The van der Waals surface area contributed by atoms with Gasteiger partial charge in [0.05, 0.1) is 12.1 Å². The van der Waals surface area contributed by atoms with Gasteiger partial charge in [-0.05, 0) is 5.56 Å². The van der Waals surface area contributed by atoms with Crippen molar-refractivity contribution in [2.45, 2.75) is 18.8 Å². The lowest BCUT2D eigenvalue weighted by molar-refractivity contribution is 0.129. The summed E-state index contributed by atoms with van der Waals surface area (Å²) in [6.45, 7) is -0.209. The molecule has 1 aromatic rings. The molecule has 0 aliphatic rings. The lowest BCUT2D eigenvalue weighted by Gasteiger charge is -2.18. The fraction of sp³-hybridized carbons (Fsp3) is 0.308. The van der Waals surface area contributed by atoms with E-state index in [1.54, 1.807) is 24.3 Å². The summed E-state index contributed by atoms with van der Waals surface area (Å²) in [7, 11) is 0. The average molecular weight is 293 g/mol. The van der Waals surface area contributed by atoms with Crippen LogP contribution in [0.15, 0.2) is 30.3 Å². The largest absolute Gasteiger partial charge is 0.465 e. The zero-order valence-electron chi connectivity index (χ0n) is 11.0. The fourth-order valence-electron chi connectivity index (χ4n) is 1.46. The van der Waals surface area contributed by atoms with E-state index < -0.39 is 24.3 Å². The van der Waals surface area contributed by atoms with Crippen LogP contribution in [-0.4, -0.2) is 41.1 Å². The van der Waals surface area contributed by atoms with E-state index in [0.29, 0.717) is 0 Å². The number of nitrogens with zero attached hydrogens (tertiary/aromatic N) is 1. The third-order valence-corrected chi connectivity index (χ3v) is 2.50. The summed E-state index contributed by atoms with van der Waals surface area (Å²) in [5, 5.41) is 30.6. The number of nitrogens with one attached hydrogen (secondary N) is 2. The van der Waals surface area contributed by atoms with E-state index in [-0.39, 0.29) is 13.2 Å². The van der Waals surface area contributed by atoms with Gasteiger partial charge in [-0.1, -0.05) is 30.3 Å². The van der Waals surface area contributed by atoms with Crippen LogP contribution in [0.2, 0.25) is 0 Å². The molecule has 0 spiro atoms. The lowest BCUT2D eigenvalue weighted by atomic mass is 10.2. The molecule has 1 rings (SSSR count). The second kappa shape index (κ2) is 8.39. The molecule has 0 saturated carbocycles. The Labute approximate surface area is 121 Å². The minimum Gasteiger partial charge on any atom is -0.465 e. The highest BCUT2D eigenvalue weighted by Gasteiger charge is 2.21. The van der Waals surface area contributed by atoms with E-state index in [1.807, 2.05) is 11.4 Å². The van der Waals surface area contributed by atoms with Gasteiger partial charge in [0.15, 0.2) is 6.10 Å². The van der Waals surface area contributed by atoms with Gasteiger partial charge in [0.1, 0.15) is 6.61 Å². The van der Waals surface area contributed by atoms with Crippen LogP contribution in [0.1, 0.15) is 5.56 Å². The second-order valence-corrected chi connectivity index (χ2v) is 4.07. The third-order valence-electron chi connectivity index (χ3n) is 2.50. The zero-order valence-corrected chi connectivity index (χ0v) is 11.0. The second-order valence-electron chi connectivity index (χ2n) is 4.07. The van der Waals surface area contributed by atoms with Crippen molar-refractivity contribution in [3.05, 3.63) is 35.9 Å². The zero-order chi connectivity index (χ0) is 15.7. The van der Waals surface area contributed by atoms with Crippen molar-refractivity contribution in [1.82, 2.24) is 10.6 Å². The molecule has 21 heavy (non-hydrogen) atoms. The topological polar surface area (TPSA) is 132 Å². The van der Waals surface area contributed by atoms with Gasteiger partial charge in [0, 0.05) is 6.54 Å². The Morgan fingerprint density at radius 2 is 2.00 bits per heavy atom. The minimum absolute atomic E-state index is 0.0600. The monoisotopic (exact) mass is 293 g/mol. The summed E-state index contributed by atoms with van der Waals surface area (Å²) in [6.07, 6.45) is -3.76. The summed E-state index contributed by atoms with van der Waals surface area (Å²) in [6, 6.07) is 9.33. The number of aliphatic hydroxyl groups is 1. The van der Waals surface area contributed by atoms with Crippen molar-refractivity contribution >= 4 is 12.2 Å². The summed E-state index contributed by atoms with van der Waals surface area (Å²) >= 11 is 0. The first-order chi connectivity index (χ1) is 10.0. The Morgan fingerprint density at radius 3 is 2.57 bits per heavy atom. The molecule has 0 fully saturated rings. The number of aliphatic hydroxyl groups excluding tert-OH is 1. The van der Waals surface area contributed by atoms with E-state index in [2.05, 4.69) is 5.32 Å². The maximum Gasteiger partial charge on any atom is 0.407 e. The Kier molecular flexibility index (Phi) is 6.50. The number of benzene rings is 1. The van der Waals surface area contributed by atoms with Crippen molar-refractivity contribution in [1.29, 1.82) is 5.26 Å². The number of hydrogen-bond acceptors (Lipinski definition) is 5. The molecule has 0 radical (unpaired) electrons. The Morgan fingerprint density at radius 1 is 1.33 bits per heavy atom. The maximum atomic E-state index is 11.4. The number of carboxylic acid groups (broad SMARTS) is 1. The first-order valence-electron chi connectivity index (χ1n) is 6.04. The molecule has 2 atom stereocenters. The molecule has 112 valence electrons. The average Bonchev–Trinajstić information content (AvgIpc) is 2.49. The Balaban J connectivity index is 2.39. The van der Waals surface area contributed by atoms with Gasteiger partial charge < -0.3 is 25.6 Å². The molecule has 4 N–H and O–H groups in total. The highest BCUT2D eigenvalue weighted by molar-refractivity contribution is 5.68. The van der Waals surface area contributed by atoms with Crippen molar-refractivity contribution in [3.63, 3.8) is 0 Å². The van der Waals surface area contributed by atoms with Gasteiger partial charge in [0.2, 0.25) is 0 Å². The molecule has 8 nitrogen and oxygen atoms in total. The van der Waals surface area contributed by atoms with Gasteiger partial charge >= 0.3 is 12.2 Å². The molecule has 0 saturated heterocycles. The number of hydrogen-bond donors (Lipinski definition) is 4. The molecule has 0 aliphatic carbocycles. The predicted octanol–water partition coefficient (Wildman–Crippen LogP) is 0.433. The van der Waals surface area contributed by atoms with Crippen molar-refractivity contribution in [2.24, 2.45) is 0 Å². The van der Waals surface area contributed by atoms with Crippen molar-refractivity contribution in [2.75, 3.05) is 6.54 Å². The van der Waals surface area contributed by atoms with Gasteiger partial charge in [-0.3, -0.25) is 0 Å². The molecule has 0 heterocycles. The number of amides is 2. The number of alkyl carbamates (subject to hydrolysis) is 1. The third kappa shape index (κ3) is 6.26. The smallest absolute Gasteiger partial charge is 0.407 e. The summed E-state index contributed by atoms with van der Waals surface area (Å²) < 4.78 is 4.91. The van der Waals surface area contributed by atoms with E-state index in [4.69, 9.17) is 15.1 Å². The maximum absolute atomic E-state index is 11.4. The molecular formula is C13H15N3O5. The van der Waals surface area contributed by atoms with Crippen LogP contribution >= 0.6 is 0 Å². The molecule has 2 unspecified atom stereocenters. The number of carbonyl (C=O) groups is 2. The Bertz CT molecular complexity index is 514. The molecule has 0 aromatic heterocycles. The molecule has 0 aliphatic heterocycles. The van der Waals surface area contributed by atoms with Crippen molar-refractivity contribution < 1.29 is 24.5 Å². The van der Waals surface area contributed by atoms with E-state index in [9.17, 15) is 14.7 Å². The van der Waals surface area contributed by atoms with Crippen LogP contribution in [0.5, 0.6) is 0 Å². The molecule has 1 aromatic carbocycles. The fourth-order valence-corrected chi connectivity index (χ4v) is 1.46. The molecule has 0 bridgehead atoms. The van der Waals surface area contributed by atoms with Crippen LogP contribution < -0.4 is 10.6 Å². The number of carbonyl (C=O) groups excluding carboxylic acids is 1. The van der Waals surface area contributed by atoms with Gasteiger partial charge in [-0.2, -0.15) is 5.26 Å². The minimum atomic E-state index is -1.57. The van der Waals surface area contributed by atoms with Crippen LogP contribution in [0.4, 0.5) is 9.59 Å². The van der Waals surface area contributed by atoms with E-state index in [0.717, 1.165) is 5.56 Å². The lowest BCUT2D eigenvalue weighted by Crippen LogP contribution is -2.49. The summed E-state index contributed by atoms with van der Waals surface area (Å²) in [5.41, 5.74) is 0.796. The first-order valence-corrected chi connectivity index (χ1v) is 6.04. The highest BCUT2D eigenvalue weighted by Crippen LogP contribution is 2.00. The Hall–Kier alpha value is -2.79.